The van der Waals surface area contributed by atoms with Crippen molar-refractivity contribution >= 4 is 16.3 Å². The van der Waals surface area contributed by atoms with Gasteiger partial charge in [0.15, 0.2) is 10.8 Å². The van der Waals surface area contributed by atoms with Gasteiger partial charge in [-0.2, -0.15) is 9.61 Å². The van der Waals surface area contributed by atoms with Crippen LogP contribution in [0.25, 0.3) is 4.96 Å². The molecule has 3 aromatic rings. The highest BCUT2D eigenvalue weighted by molar-refractivity contribution is 7.16. The average molecular weight is 290 g/mol. The quantitative estimate of drug-likeness (QED) is 0.721. The lowest BCUT2D eigenvalue weighted by atomic mass is 10.2. The molecule has 0 amide bonds. The minimum absolute atomic E-state index is 0.392. The van der Waals surface area contributed by atoms with Crippen LogP contribution in [0, 0.1) is 6.92 Å². The Morgan fingerprint density at radius 2 is 2.15 bits per heavy atom. The predicted molar refractivity (Wildman–Crippen MR) is 74.9 cm³/mol. The summed E-state index contributed by atoms with van der Waals surface area (Å²) in [5.41, 5.74) is 1.17. The molecule has 104 valence electrons. The Labute approximate surface area is 120 Å². The van der Waals surface area contributed by atoms with Gasteiger partial charge < -0.3 is 9.47 Å². The first-order valence-electron chi connectivity index (χ1n) is 6.14. The van der Waals surface area contributed by atoms with Crippen LogP contribution in [0.15, 0.2) is 24.3 Å². The number of aromatic nitrogens is 4. The zero-order valence-corrected chi connectivity index (χ0v) is 12.1. The van der Waals surface area contributed by atoms with E-state index in [2.05, 4.69) is 15.3 Å². The summed E-state index contributed by atoms with van der Waals surface area (Å²) in [6.45, 7) is 2.85. The molecule has 0 atom stereocenters. The van der Waals surface area contributed by atoms with E-state index >= 15 is 0 Å². The van der Waals surface area contributed by atoms with E-state index in [9.17, 15) is 0 Å². The lowest BCUT2D eigenvalue weighted by Gasteiger charge is -2.03. The standard InChI is InChI=1S/C13H14N4O2S/c1-9-4-3-5-10(6-9)19-8-12-16-17-11(7-18-2)14-15-13(17)20-12/h3-6H,7-8H2,1-2H3. The fraction of sp³-hybridized carbons (Fsp3) is 0.308. The number of nitrogens with zero attached hydrogens (tertiary/aromatic N) is 4. The number of methoxy groups -OCH3 is 1. The molecule has 0 radical (unpaired) electrons. The van der Waals surface area contributed by atoms with E-state index in [1.54, 1.807) is 11.6 Å². The molecule has 2 aromatic heterocycles. The summed E-state index contributed by atoms with van der Waals surface area (Å²) >= 11 is 1.47. The van der Waals surface area contributed by atoms with E-state index in [4.69, 9.17) is 9.47 Å². The third kappa shape index (κ3) is 2.63. The van der Waals surface area contributed by atoms with Crippen LogP contribution in [-0.4, -0.2) is 26.9 Å². The number of aryl methyl sites for hydroxylation is 1. The molecule has 0 aliphatic rings. The lowest BCUT2D eigenvalue weighted by molar-refractivity contribution is 0.176. The molecule has 0 unspecified atom stereocenters. The molecular weight excluding hydrogens is 276 g/mol. The first-order valence-corrected chi connectivity index (χ1v) is 6.96. The molecule has 7 heteroatoms. The van der Waals surface area contributed by atoms with Gasteiger partial charge in [0, 0.05) is 7.11 Å². The summed E-state index contributed by atoms with van der Waals surface area (Å²) in [6.07, 6.45) is 0. The highest BCUT2D eigenvalue weighted by atomic mass is 32.1. The van der Waals surface area contributed by atoms with Crippen LogP contribution in [0.1, 0.15) is 16.4 Å². The molecule has 0 fully saturated rings. The molecule has 0 saturated carbocycles. The van der Waals surface area contributed by atoms with Crippen molar-refractivity contribution in [3.8, 4) is 5.75 Å². The van der Waals surface area contributed by atoms with E-state index in [-0.39, 0.29) is 0 Å². The molecule has 0 aliphatic heterocycles. The molecule has 0 N–H and O–H groups in total. The van der Waals surface area contributed by atoms with Gasteiger partial charge in [-0.05, 0) is 24.6 Å². The Morgan fingerprint density at radius 1 is 1.25 bits per heavy atom. The summed E-state index contributed by atoms with van der Waals surface area (Å²) in [5.74, 6) is 1.54. The number of fused-ring (bicyclic) bond motifs is 1. The maximum absolute atomic E-state index is 5.73. The van der Waals surface area contributed by atoms with Gasteiger partial charge in [-0.1, -0.05) is 23.5 Å². The first kappa shape index (κ1) is 13.0. The Hall–Kier alpha value is -1.99. The van der Waals surface area contributed by atoms with Crippen molar-refractivity contribution in [3.05, 3.63) is 40.7 Å². The second kappa shape index (κ2) is 5.56. The first-order chi connectivity index (χ1) is 9.76. The average Bonchev–Trinajstić information content (AvgIpc) is 2.99. The van der Waals surface area contributed by atoms with Gasteiger partial charge >= 0.3 is 0 Å². The maximum atomic E-state index is 5.73. The Morgan fingerprint density at radius 3 is 2.95 bits per heavy atom. The van der Waals surface area contributed by atoms with Gasteiger partial charge in [0.2, 0.25) is 4.96 Å². The van der Waals surface area contributed by atoms with Crippen LogP contribution in [0.2, 0.25) is 0 Å². The van der Waals surface area contributed by atoms with Crippen LogP contribution in [0.3, 0.4) is 0 Å². The van der Waals surface area contributed by atoms with Crippen LogP contribution in [0.4, 0.5) is 0 Å². The van der Waals surface area contributed by atoms with Crippen molar-refractivity contribution in [2.24, 2.45) is 0 Å². The normalized spacial score (nSPS) is 11.1. The van der Waals surface area contributed by atoms with E-state index in [1.807, 2.05) is 31.2 Å². The fourth-order valence-electron chi connectivity index (χ4n) is 1.82. The van der Waals surface area contributed by atoms with Crippen molar-refractivity contribution in [1.82, 2.24) is 19.8 Å². The number of rotatable bonds is 5. The second-order valence-electron chi connectivity index (χ2n) is 4.34. The number of ether oxygens (including phenoxy) is 2. The fourth-order valence-corrected chi connectivity index (χ4v) is 2.59. The number of hydrogen-bond donors (Lipinski definition) is 0. The van der Waals surface area contributed by atoms with Crippen molar-refractivity contribution in [1.29, 1.82) is 0 Å². The molecule has 0 saturated heterocycles. The van der Waals surface area contributed by atoms with E-state index < -0.39 is 0 Å². The summed E-state index contributed by atoms with van der Waals surface area (Å²) in [6, 6.07) is 7.94. The van der Waals surface area contributed by atoms with Crippen LogP contribution in [-0.2, 0) is 18.0 Å². The molecule has 0 aliphatic carbocycles. The highest BCUT2D eigenvalue weighted by Crippen LogP contribution is 2.18. The monoisotopic (exact) mass is 290 g/mol. The van der Waals surface area contributed by atoms with E-state index in [1.165, 1.54) is 16.9 Å². The van der Waals surface area contributed by atoms with Crippen molar-refractivity contribution < 1.29 is 9.47 Å². The van der Waals surface area contributed by atoms with E-state index in [0.29, 0.717) is 19.0 Å². The molecule has 2 heterocycles. The Balaban J connectivity index is 1.74. The smallest absolute Gasteiger partial charge is 0.234 e. The van der Waals surface area contributed by atoms with Crippen molar-refractivity contribution in [3.63, 3.8) is 0 Å². The molecule has 20 heavy (non-hydrogen) atoms. The topological polar surface area (TPSA) is 61.5 Å². The van der Waals surface area contributed by atoms with Gasteiger partial charge in [0.05, 0.1) is 0 Å². The van der Waals surface area contributed by atoms with Gasteiger partial charge in [-0.25, -0.2) is 0 Å². The highest BCUT2D eigenvalue weighted by Gasteiger charge is 2.11. The molecule has 6 nitrogen and oxygen atoms in total. The number of hydrogen-bond acceptors (Lipinski definition) is 6. The maximum Gasteiger partial charge on any atom is 0.234 e. The van der Waals surface area contributed by atoms with Gasteiger partial charge in [0.1, 0.15) is 19.0 Å². The lowest BCUT2D eigenvalue weighted by Crippen LogP contribution is -2.00. The minimum atomic E-state index is 0.392. The predicted octanol–water partition coefficient (Wildman–Crippen LogP) is 2.22. The van der Waals surface area contributed by atoms with Gasteiger partial charge in [-0.3, -0.25) is 0 Å². The van der Waals surface area contributed by atoms with E-state index in [0.717, 1.165) is 15.7 Å². The summed E-state index contributed by atoms with van der Waals surface area (Å²) in [7, 11) is 1.62. The Bertz CT molecular complexity index is 722. The summed E-state index contributed by atoms with van der Waals surface area (Å²) in [4.78, 5) is 0.750. The van der Waals surface area contributed by atoms with Crippen molar-refractivity contribution in [2.75, 3.05) is 7.11 Å². The van der Waals surface area contributed by atoms with Crippen LogP contribution in [0.5, 0.6) is 5.75 Å². The third-order valence-electron chi connectivity index (χ3n) is 2.72. The van der Waals surface area contributed by atoms with Gasteiger partial charge in [0.25, 0.3) is 0 Å². The molecule has 0 bridgehead atoms. The zero-order valence-electron chi connectivity index (χ0n) is 11.2. The number of benzene rings is 1. The van der Waals surface area contributed by atoms with Crippen molar-refractivity contribution in [2.45, 2.75) is 20.1 Å². The molecule has 1 aromatic carbocycles. The van der Waals surface area contributed by atoms with Crippen LogP contribution < -0.4 is 4.74 Å². The Kier molecular flexibility index (Phi) is 3.62. The van der Waals surface area contributed by atoms with Gasteiger partial charge in [-0.15, -0.1) is 10.2 Å². The van der Waals surface area contributed by atoms with Crippen LogP contribution >= 0.6 is 11.3 Å². The third-order valence-corrected chi connectivity index (χ3v) is 3.59. The molecule has 0 spiro atoms. The SMILES string of the molecule is COCc1nnc2sc(COc3cccc(C)c3)nn12. The summed E-state index contributed by atoms with van der Waals surface area (Å²) in [5, 5.41) is 13.4. The minimum Gasteiger partial charge on any atom is -0.486 e. The second-order valence-corrected chi connectivity index (χ2v) is 5.39. The zero-order chi connectivity index (χ0) is 13.9. The molecular formula is C13H14N4O2S. The largest absolute Gasteiger partial charge is 0.486 e. The summed E-state index contributed by atoms with van der Waals surface area (Å²) < 4.78 is 12.5. The molecule has 3 rings (SSSR count).